The summed E-state index contributed by atoms with van der Waals surface area (Å²) in [5.41, 5.74) is 1.86. The lowest BCUT2D eigenvalue weighted by Gasteiger charge is -2.26. The van der Waals surface area contributed by atoms with Crippen LogP contribution in [-0.4, -0.2) is 60.0 Å². The van der Waals surface area contributed by atoms with Crippen LogP contribution in [0.5, 0.6) is 0 Å². The van der Waals surface area contributed by atoms with E-state index in [1.165, 1.54) is 23.5 Å². The van der Waals surface area contributed by atoms with Crippen molar-refractivity contribution < 1.29 is 13.9 Å². The Morgan fingerprint density at radius 2 is 2.03 bits per heavy atom. The van der Waals surface area contributed by atoms with Crippen molar-refractivity contribution in [2.45, 2.75) is 19.9 Å². The number of benzene rings is 1. The first-order valence-electron chi connectivity index (χ1n) is 9.90. The molecule has 1 aromatic carbocycles. The van der Waals surface area contributed by atoms with Gasteiger partial charge in [0.15, 0.2) is 0 Å². The Balaban J connectivity index is 1.37. The molecule has 1 fully saturated rings. The summed E-state index contributed by atoms with van der Waals surface area (Å²) in [6.07, 6.45) is 0.925. The van der Waals surface area contributed by atoms with Gasteiger partial charge in [-0.05, 0) is 43.7 Å². The highest BCUT2D eigenvalue weighted by Crippen LogP contribution is 2.28. The maximum Gasteiger partial charge on any atom is 0.261 e. The molecule has 2 aromatic heterocycles. The number of carbonyl (C=O) groups is 1. The fourth-order valence-electron chi connectivity index (χ4n) is 3.51. The molecule has 0 aliphatic carbocycles. The number of ether oxygens (including phenoxy) is 1. The number of carbonyl (C=O) groups excluding carboxylic acids is 1. The molecule has 1 aliphatic rings. The molecule has 0 spiro atoms. The predicted molar refractivity (Wildman–Crippen MR) is 112 cm³/mol. The van der Waals surface area contributed by atoms with Crippen LogP contribution in [0.3, 0.4) is 0 Å². The maximum atomic E-state index is 13.1. The standard InChI is InChI=1S/C21H25FN4O2S/c1-15-18-13-19(20(27)23-7-2-8-25-9-11-28-12-10-25)29-21(18)26(24-15)14-16-3-5-17(22)6-4-16/h3-6,13H,2,7-12,14H2,1H3,(H,23,27). The molecule has 0 saturated carbocycles. The van der Waals surface area contributed by atoms with Crippen LogP contribution in [0, 0.1) is 12.7 Å². The Morgan fingerprint density at radius 1 is 1.28 bits per heavy atom. The van der Waals surface area contributed by atoms with Gasteiger partial charge >= 0.3 is 0 Å². The Labute approximate surface area is 173 Å². The van der Waals surface area contributed by atoms with Gasteiger partial charge in [0.25, 0.3) is 5.91 Å². The molecule has 0 radical (unpaired) electrons. The van der Waals surface area contributed by atoms with E-state index in [1.54, 1.807) is 12.1 Å². The minimum absolute atomic E-state index is 0.0408. The summed E-state index contributed by atoms with van der Waals surface area (Å²) in [6, 6.07) is 8.34. The van der Waals surface area contributed by atoms with Crippen molar-refractivity contribution in [1.29, 1.82) is 0 Å². The van der Waals surface area contributed by atoms with Crippen LogP contribution in [0.15, 0.2) is 30.3 Å². The van der Waals surface area contributed by atoms with E-state index in [0.717, 1.165) is 60.7 Å². The summed E-state index contributed by atoms with van der Waals surface area (Å²) in [5, 5.41) is 8.60. The van der Waals surface area contributed by atoms with E-state index in [4.69, 9.17) is 4.74 Å². The minimum atomic E-state index is -0.251. The third kappa shape index (κ3) is 4.83. The highest BCUT2D eigenvalue weighted by Gasteiger charge is 2.17. The lowest BCUT2D eigenvalue weighted by molar-refractivity contribution is 0.0374. The Morgan fingerprint density at radius 3 is 2.79 bits per heavy atom. The second kappa shape index (κ2) is 9.02. The zero-order chi connectivity index (χ0) is 20.2. The predicted octanol–water partition coefficient (Wildman–Crippen LogP) is 3.05. The minimum Gasteiger partial charge on any atom is -0.379 e. The molecule has 154 valence electrons. The van der Waals surface area contributed by atoms with Crippen molar-refractivity contribution in [2.24, 2.45) is 0 Å². The fourth-order valence-corrected chi connectivity index (χ4v) is 4.59. The molecule has 3 aromatic rings. The average molecular weight is 417 g/mol. The molecule has 6 nitrogen and oxygen atoms in total. The van der Waals surface area contributed by atoms with Crippen LogP contribution < -0.4 is 5.32 Å². The van der Waals surface area contributed by atoms with Gasteiger partial charge < -0.3 is 10.1 Å². The lowest BCUT2D eigenvalue weighted by Crippen LogP contribution is -2.38. The molecule has 3 heterocycles. The van der Waals surface area contributed by atoms with Crippen LogP contribution in [0.4, 0.5) is 4.39 Å². The molecule has 0 unspecified atom stereocenters. The van der Waals surface area contributed by atoms with Gasteiger partial charge in [-0.15, -0.1) is 11.3 Å². The van der Waals surface area contributed by atoms with Crippen molar-refractivity contribution in [3.8, 4) is 0 Å². The van der Waals surface area contributed by atoms with Crippen LogP contribution in [0.2, 0.25) is 0 Å². The summed E-state index contributed by atoms with van der Waals surface area (Å²) in [5.74, 6) is -0.292. The van der Waals surface area contributed by atoms with E-state index in [2.05, 4.69) is 15.3 Å². The Kier molecular flexibility index (Phi) is 6.22. The quantitative estimate of drug-likeness (QED) is 0.602. The molecule has 8 heteroatoms. The van der Waals surface area contributed by atoms with E-state index >= 15 is 0 Å². The number of rotatable bonds is 7. The zero-order valence-electron chi connectivity index (χ0n) is 16.5. The lowest BCUT2D eigenvalue weighted by atomic mass is 10.2. The number of aryl methyl sites for hydroxylation is 1. The van der Waals surface area contributed by atoms with Gasteiger partial charge in [0.05, 0.1) is 30.3 Å². The smallest absolute Gasteiger partial charge is 0.261 e. The number of nitrogens with zero attached hydrogens (tertiary/aromatic N) is 3. The summed E-state index contributed by atoms with van der Waals surface area (Å²) in [6.45, 7) is 7.64. The first-order chi connectivity index (χ1) is 14.1. The average Bonchev–Trinajstić information content (AvgIpc) is 3.29. The van der Waals surface area contributed by atoms with Gasteiger partial charge in [-0.25, -0.2) is 4.39 Å². The number of nitrogens with one attached hydrogen (secondary N) is 1. The molecule has 1 N–H and O–H groups in total. The zero-order valence-corrected chi connectivity index (χ0v) is 17.3. The summed E-state index contributed by atoms with van der Waals surface area (Å²) >= 11 is 1.45. The van der Waals surface area contributed by atoms with Crippen molar-refractivity contribution in [2.75, 3.05) is 39.4 Å². The van der Waals surface area contributed by atoms with Gasteiger partial charge in [-0.2, -0.15) is 5.10 Å². The van der Waals surface area contributed by atoms with E-state index in [0.29, 0.717) is 18.0 Å². The number of hydrogen-bond acceptors (Lipinski definition) is 5. The molecule has 29 heavy (non-hydrogen) atoms. The monoisotopic (exact) mass is 416 g/mol. The number of thiophene rings is 1. The van der Waals surface area contributed by atoms with E-state index in [1.807, 2.05) is 17.7 Å². The number of morpholine rings is 1. The van der Waals surface area contributed by atoms with Gasteiger partial charge in [-0.1, -0.05) is 12.1 Å². The van der Waals surface area contributed by atoms with Crippen molar-refractivity contribution >= 4 is 27.5 Å². The molecule has 1 amide bonds. The molecule has 0 bridgehead atoms. The summed E-state index contributed by atoms with van der Waals surface area (Å²) in [4.78, 5) is 16.6. The number of halogens is 1. The maximum absolute atomic E-state index is 13.1. The van der Waals surface area contributed by atoms with E-state index < -0.39 is 0 Å². The molecular weight excluding hydrogens is 391 g/mol. The second-order valence-electron chi connectivity index (χ2n) is 7.26. The van der Waals surface area contributed by atoms with E-state index in [-0.39, 0.29) is 11.7 Å². The summed E-state index contributed by atoms with van der Waals surface area (Å²) < 4.78 is 20.4. The number of fused-ring (bicyclic) bond motifs is 1. The molecule has 1 aliphatic heterocycles. The third-order valence-electron chi connectivity index (χ3n) is 5.12. The number of amides is 1. The molecule has 1 saturated heterocycles. The van der Waals surface area contributed by atoms with Gasteiger partial charge in [0.1, 0.15) is 10.6 Å². The normalized spacial score (nSPS) is 15.1. The number of aromatic nitrogens is 2. The van der Waals surface area contributed by atoms with Gasteiger partial charge in [0, 0.05) is 25.0 Å². The SMILES string of the molecule is Cc1nn(Cc2ccc(F)cc2)c2sc(C(=O)NCCCN3CCOCC3)cc12. The van der Waals surface area contributed by atoms with E-state index in [9.17, 15) is 9.18 Å². The molecule has 0 atom stereocenters. The van der Waals surface area contributed by atoms with Crippen molar-refractivity contribution in [3.63, 3.8) is 0 Å². The highest BCUT2D eigenvalue weighted by atomic mass is 32.1. The van der Waals surface area contributed by atoms with Crippen molar-refractivity contribution in [1.82, 2.24) is 20.0 Å². The van der Waals surface area contributed by atoms with Crippen LogP contribution in [0.25, 0.3) is 10.2 Å². The first-order valence-corrected chi connectivity index (χ1v) is 10.7. The Bertz CT molecular complexity index is 977. The van der Waals surface area contributed by atoms with Crippen molar-refractivity contribution in [3.05, 3.63) is 52.3 Å². The third-order valence-corrected chi connectivity index (χ3v) is 6.26. The van der Waals surface area contributed by atoms with Crippen LogP contribution in [0.1, 0.15) is 27.3 Å². The van der Waals surface area contributed by atoms with Gasteiger partial charge in [-0.3, -0.25) is 14.4 Å². The molecular formula is C21H25FN4O2S. The fraction of sp³-hybridized carbons (Fsp3) is 0.429. The largest absolute Gasteiger partial charge is 0.379 e. The van der Waals surface area contributed by atoms with Gasteiger partial charge in [0.2, 0.25) is 0 Å². The molecule has 4 rings (SSSR count). The second-order valence-corrected chi connectivity index (χ2v) is 8.29. The Hall–Kier alpha value is -2.29. The highest BCUT2D eigenvalue weighted by molar-refractivity contribution is 7.20. The number of hydrogen-bond donors (Lipinski definition) is 1. The first kappa shape index (κ1) is 20.0. The summed E-state index contributed by atoms with van der Waals surface area (Å²) in [7, 11) is 0. The van der Waals surface area contributed by atoms with Crippen LogP contribution in [-0.2, 0) is 11.3 Å². The van der Waals surface area contributed by atoms with Crippen LogP contribution >= 0.6 is 11.3 Å². The topological polar surface area (TPSA) is 59.4 Å².